The molecule has 1 saturated carbocycles. The van der Waals surface area contributed by atoms with Crippen LogP contribution in [-0.4, -0.2) is 6.04 Å². The van der Waals surface area contributed by atoms with E-state index in [-0.39, 0.29) is 0 Å². The summed E-state index contributed by atoms with van der Waals surface area (Å²) >= 11 is 1.78. The lowest BCUT2D eigenvalue weighted by Crippen LogP contribution is -2.00. The van der Waals surface area contributed by atoms with Crippen LogP contribution in [0.15, 0.2) is 10.8 Å². The van der Waals surface area contributed by atoms with Gasteiger partial charge in [-0.25, -0.2) is 0 Å². The topological polar surface area (TPSA) is 26.0 Å². The fraction of sp³-hybridized carbons (Fsp3) is 0.500. The second-order valence-corrected chi connectivity index (χ2v) is 3.76. The molecule has 0 aliphatic heterocycles. The van der Waals surface area contributed by atoms with Crippen LogP contribution in [0, 0.1) is 6.92 Å². The Morgan fingerprint density at radius 3 is 2.70 bits per heavy atom. The summed E-state index contributed by atoms with van der Waals surface area (Å²) in [6.45, 7) is 2.16. The van der Waals surface area contributed by atoms with Gasteiger partial charge in [0.25, 0.3) is 0 Å². The number of hydrogen-bond donors (Lipinski definition) is 1. The van der Waals surface area contributed by atoms with Gasteiger partial charge in [-0.2, -0.15) is 11.3 Å². The molecule has 1 fully saturated rings. The Kier molecular flexibility index (Phi) is 1.32. The van der Waals surface area contributed by atoms with E-state index in [2.05, 4.69) is 17.7 Å². The van der Waals surface area contributed by atoms with E-state index in [1.54, 1.807) is 11.3 Å². The highest BCUT2D eigenvalue weighted by molar-refractivity contribution is 7.08. The SMILES string of the molecule is Cc1cscc1C1CC1N. The van der Waals surface area contributed by atoms with E-state index in [0.29, 0.717) is 12.0 Å². The van der Waals surface area contributed by atoms with Crippen LogP contribution in [0.4, 0.5) is 0 Å². The first kappa shape index (κ1) is 6.38. The smallest absolute Gasteiger partial charge is 0.0115 e. The molecule has 2 N–H and O–H groups in total. The zero-order chi connectivity index (χ0) is 7.14. The van der Waals surface area contributed by atoms with Crippen molar-refractivity contribution < 1.29 is 0 Å². The lowest BCUT2D eigenvalue weighted by molar-refractivity contribution is 0.987. The van der Waals surface area contributed by atoms with Crippen LogP contribution in [0.5, 0.6) is 0 Å². The highest BCUT2D eigenvalue weighted by atomic mass is 32.1. The molecule has 0 spiro atoms. The lowest BCUT2D eigenvalue weighted by atomic mass is 10.1. The van der Waals surface area contributed by atoms with E-state index in [9.17, 15) is 0 Å². The quantitative estimate of drug-likeness (QED) is 0.655. The molecule has 1 nitrogen and oxygen atoms in total. The molecule has 2 heteroatoms. The van der Waals surface area contributed by atoms with E-state index in [1.165, 1.54) is 17.5 Å². The van der Waals surface area contributed by atoms with Crippen molar-refractivity contribution in [3.8, 4) is 0 Å². The van der Waals surface area contributed by atoms with Crippen molar-refractivity contribution in [2.24, 2.45) is 5.73 Å². The van der Waals surface area contributed by atoms with Gasteiger partial charge in [-0.15, -0.1) is 0 Å². The first-order valence-electron chi connectivity index (χ1n) is 3.57. The fourth-order valence-corrected chi connectivity index (χ4v) is 2.24. The molecular formula is C8H11NS. The molecule has 2 rings (SSSR count). The Labute approximate surface area is 64.9 Å². The van der Waals surface area contributed by atoms with E-state index in [4.69, 9.17) is 5.73 Å². The lowest BCUT2D eigenvalue weighted by Gasteiger charge is -1.93. The molecule has 0 bridgehead atoms. The molecule has 0 saturated heterocycles. The van der Waals surface area contributed by atoms with Gasteiger partial charge >= 0.3 is 0 Å². The van der Waals surface area contributed by atoms with E-state index < -0.39 is 0 Å². The monoisotopic (exact) mass is 153 g/mol. The van der Waals surface area contributed by atoms with Crippen LogP contribution >= 0.6 is 11.3 Å². The molecule has 1 aliphatic rings. The number of rotatable bonds is 1. The molecular weight excluding hydrogens is 142 g/mol. The number of hydrogen-bond acceptors (Lipinski definition) is 2. The molecule has 10 heavy (non-hydrogen) atoms. The number of nitrogens with two attached hydrogens (primary N) is 1. The third-order valence-electron chi connectivity index (χ3n) is 2.13. The van der Waals surface area contributed by atoms with Gasteiger partial charge in [-0.05, 0) is 35.2 Å². The molecule has 54 valence electrons. The van der Waals surface area contributed by atoms with E-state index in [1.807, 2.05) is 0 Å². The summed E-state index contributed by atoms with van der Waals surface area (Å²) in [6, 6.07) is 0.452. The second kappa shape index (κ2) is 2.07. The minimum atomic E-state index is 0.452. The Morgan fingerprint density at radius 2 is 2.30 bits per heavy atom. The van der Waals surface area contributed by atoms with Crippen LogP contribution in [0.25, 0.3) is 0 Å². The van der Waals surface area contributed by atoms with Crippen molar-refractivity contribution in [3.63, 3.8) is 0 Å². The standard InChI is InChI=1S/C8H11NS/c1-5-3-10-4-7(5)6-2-8(6)9/h3-4,6,8H,2,9H2,1H3. The van der Waals surface area contributed by atoms with Crippen LogP contribution in [0.1, 0.15) is 23.5 Å². The summed E-state index contributed by atoms with van der Waals surface area (Å²) < 4.78 is 0. The second-order valence-electron chi connectivity index (χ2n) is 3.02. The maximum atomic E-state index is 5.73. The van der Waals surface area contributed by atoms with Gasteiger partial charge in [0.05, 0.1) is 0 Å². The molecule has 2 unspecified atom stereocenters. The van der Waals surface area contributed by atoms with Gasteiger partial charge in [0, 0.05) is 12.0 Å². The summed E-state index contributed by atoms with van der Waals surface area (Å²) in [7, 11) is 0. The molecule has 1 aromatic rings. The Hall–Kier alpha value is -0.340. The predicted octanol–water partition coefficient (Wildman–Crippen LogP) is 1.87. The summed E-state index contributed by atoms with van der Waals surface area (Å²) in [5.74, 6) is 0.686. The molecule has 0 radical (unpaired) electrons. The average Bonchev–Trinajstić information content (AvgIpc) is 2.42. The minimum absolute atomic E-state index is 0.452. The van der Waals surface area contributed by atoms with Gasteiger partial charge in [-0.3, -0.25) is 0 Å². The largest absolute Gasteiger partial charge is 0.327 e. The molecule has 2 atom stereocenters. The maximum absolute atomic E-state index is 5.73. The van der Waals surface area contributed by atoms with Crippen molar-refractivity contribution >= 4 is 11.3 Å². The summed E-state index contributed by atoms with van der Waals surface area (Å²) in [4.78, 5) is 0. The highest BCUT2D eigenvalue weighted by Crippen LogP contribution is 2.41. The fourth-order valence-electron chi connectivity index (χ4n) is 1.32. The van der Waals surface area contributed by atoms with Crippen molar-refractivity contribution in [3.05, 3.63) is 21.9 Å². The number of thiophene rings is 1. The van der Waals surface area contributed by atoms with Crippen LogP contribution in [-0.2, 0) is 0 Å². The normalized spacial score (nSPS) is 30.6. The van der Waals surface area contributed by atoms with Gasteiger partial charge in [0.1, 0.15) is 0 Å². The average molecular weight is 153 g/mol. The van der Waals surface area contributed by atoms with Crippen molar-refractivity contribution in [2.75, 3.05) is 0 Å². The predicted molar refractivity (Wildman–Crippen MR) is 44.4 cm³/mol. The Balaban J connectivity index is 2.26. The van der Waals surface area contributed by atoms with Crippen molar-refractivity contribution in [2.45, 2.75) is 25.3 Å². The summed E-state index contributed by atoms with van der Waals surface area (Å²) in [6.07, 6.45) is 1.19. The Morgan fingerprint density at radius 1 is 1.60 bits per heavy atom. The molecule has 1 heterocycles. The minimum Gasteiger partial charge on any atom is -0.327 e. The number of aryl methyl sites for hydroxylation is 1. The van der Waals surface area contributed by atoms with Crippen LogP contribution in [0.3, 0.4) is 0 Å². The van der Waals surface area contributed by atoms with Crippen LogP contribution < -0.4 is 5.73 Å². The molecule has 0 amide bonds. The maximum Gasteiger partial charge on any atom is 0.0115 e. The first-order chi connectivity index (χ1) is 4.79. The van der Waals surface area contributed by atoms with Crippen molar-refractivity contribution in [1.82, 2.24) is 0 Å². The van der Waals surface area contributed by atoms with Gasteiger partial charge in [-0.1, -0.05) is 0 Å². The highest BCUT2D eigenvalue weighted by Gasteiger charge is 2.35. The Bertz CT molecular complexity index is 241. The van der Waals surface area contributed by atoms with Gasteiger partial charge < -0.3 is 5.73 Å². The van der Waals surface area contributed by atoms with Gasteiger partial charge in [0.15, 0.2) is 0 Å². The molecule has 1 aliphatic carbocycles. The van der Waals surface area contributed by atoms with Gasteiger partial charge in [0.2, 0.25) is 0 Å². The molecule has 1 aromatic heterocycles. The van der Waals surface area contributed by atoms with E-state index >= 15 is 0 Å². The zero-order valence-corrected chi connectivity index (χ0v) is 6.82. The van der Waals surface area contributed by atoms with Crippen LogP contribution in [0.2, 0.25) is 0 Å². The third kappa shape index (κ3) is 0.879. The molecule has 0 aromatic carbocycles. The summed E-state index contributed by atoms with van der Waals surface area (Å²) in [5, 5.41) is 4.42. The zero-order valence-electron chi connectivity index (χ0n) is 6.00. The third-order valence-corrected chi connectivity index (χ3v) is 3.01. The van der Waals surface area contributed by atoms with E-state index in [0.717, 1.165) is 0 Å². The first-order valence-corrected chi connectivity index (χ1v) is 4.51. The summed E-state index contributed by atoms with van der Waals surface area (Å²) in [5.41, 5.74) is 8.63. The van der Waals surface area contributed by atoms with Crippen molar-refractivity contribution in [1.29, 1.82) is 0 Å².